The smallest absolute Gasteiger partial charge is 0.0225 e. The molecule has 0 amide bonds. The van der Waals surface area contributed by atoms with Gasteiger partial charge in [0.15, 0.2) is 0 Å². The van der Waals surface area contributed by atoms with Crippen molar-refractivity contribution in [2.75, 3.05) is 0 Å². The van der Waals surface area contributed by atoms with Crippen LogP contribution in [0.1, 0.15) is 31.4 Å². The number of hydrogen-bond donors (Lipinski definition) is 0. The molecule has 0 aliphatic carbocycles. The van der Waals surface area contributed by atoms with Crippen LogP contribution in [0.4, 0.5) is 0 Å². The molecule has 0 saturated heterocycles. The zero-order valence-corrected chi connectivity index (χ0v) is 8.09. The molecular formula is C12H16. The molecular weight excluding hydrogens is 144 g/mol. The second-order valence-corrected chi connectivity index (χ2v) is 3.04. The molecule has 12 heavy (non-hydrogen) atoms. The molecule has 64 valence electrons. The first-order valence-corrected chi connectivity index (χ1v) is 4.50. The number of aryl methyl sites for hydroxylation is 1. The third-order valence-corrected chi connectivity index (χ3v) is 2.12. The first-order valence-electron chi connectivity index (χ1n) is 4.50. The van der Waals surface area contributed by atoms with E-state index in [1.54, 1.807) is 0 Å². The summed E-state index contributed by atoms with van der Waals surface area (Å²) >= 11 is 0. The highest BCUT2D eigenvalue weighted by Gasteiger charge is 1.96. The van der Waals surface area contributed by atoms with E-state index in [2.05, 4.69) is 51.1 Å². The van der Waals surface area contributed by atoms with E-state index in [0.29, 0.717) is 0 Å². The zero-order valence-electron chi connectivity index (χ0n) is 8.09. The van der Waals surface area contributed by atoms with Crippen LogP contribution in [0.3, 0.4) is 0 Å². The standard InChI is InChI=1S/C12H16/c1-4-11(5-2)12-8-6-7-10(3)9-12/h4,6-9H,5H2,1-3H3/b11-4+. The second-order valence-electron chi connectivity index (χ2n) is 3.04. The predicted molar refractivity (Wildman–Crippen MR) is 55.1 cm³/mol. The van der Waals surface area contributed by atoms with E-state index in [1.165, 1.54) is 16.7 Å². The summed E-state index contributed by atoms with van der Waals surface area (Å²) in [5.41, 5.74) is 4.12. The Hall–Kier alpha value is -1.04. The predicted octanol–water partition coefficient (Wildman–Crippen LogP) is 3.81. The van der Waals surface area contributed by atoms with Gasteiger partial charge in [-0.05, 0) is 31.4 Å². The van der Waals surface area contributed by atoms with Gasteiger partial charge in [0.1, 0.15) is 0 Å². The molecule has 0 N–H and O–H groups in total. The highest BCUT2D eigenvalue weighted by molar-refractivity contribution is 5.65. The lowest BCUT2D eigenvalue weighted by molar-refractivity contribution is 1.23. The maximum absolute atomic E-state index is 2.23. The van der Waals surface area contributed by atoms with Crippen LogP contribution in [0.15, 0.2) is 30.3 Å². The van der Waals surface area contributed by atoms with Gasteiger partial charge in [0.05, 0.1) is 0 Å². The van der Waals surface area contributed by atoms with Crippen molar-refractivity contribution in [3.63, 3.8) is 0 Å². The van der Waals surface area contributed by atoms with E-state index >= 15 is 0 Å². The van der Waals surface area contributed by atoms with Gasteiger partial charge in [0.25, 0.3) is 0 Å². The molecule has 0 spiro atoms. The van der Waals surface area contributed by atoms with Crippen molar-refractivity contribution in [3.05, 3.63) is 41.5 Å². The molecule has 0 atom stereocenters. The molecule has 0 heteroatoms. The van der Waals surface area contributed by atoms with Crippen molar-refractivity contribution in [1.29, 1.82) is 0 Å². The topological polar surface area (TPSA) is 0 Å². The summed E-state index contributed by atoms with van der Waals surface area (Å²) < 4.78 is 0. The average molecular weight is 160 g/mol. The normalized spacial score (nSPS) is 11.8. The average Bonchev–Trinajstić information content (AvgIpc) is 2.07. The number of benzene rings is 1. The molecule has 0 unspecified atom stereocenters. The van der Waals surface area contributed by atoms with Crippen LogP contribution in [0, 0.1) is 6.92 Å². The molecule has 0 aliphatic rings. The summed E-state index contributed by atoms with van der Waals surface area (Å²) in [6.45, 7) is 6.42. The highest BCUT2D eigenvalue weighted by Crippen LogP contribution is 2.18. The van der Waals surface area contributed by atoms with E-state index in [-0.39, 0.29) is 0 Å². The quantitative estimate of drug-likeness (QED) is 0.617. The molecule has 1 aromatic carbocycles. The van der Waals surface area contributed by atoms with Gasteiger partial charge in [-0.15, -0.1) is 0 Å². The number of allylic oxidation sites excluding steroid dienone is 2. The van der Waals surface area contributed by atoms with Crippen LogP contribution in [0.2, 0.25) is 0 Å². The Morgan fingerprint density at radius 2 is 2.17 bits per heavy atom. The number of hydrogen-bond acceptors (Lipinski definition) is 0. The summed E-state index contributed by atoms with van der Waals surface area (Å²) in [7, 11) is 0. The van der Waals surface area contributed by atoms with Crippen LogP contribution >= 0.6 is 0 Å². The fourth-order valence-corrected chi connectivity index (χ4v) is 1.42. The van der Waals surface area contributed by atoms with Crippen LogP contribution in [-0.2, 0) is 0 Å². The van der Waals surface area contributed by atoms with Crippen molar-refractivity contribution < 1.29 is 0 Å². The Labute approximate surface area is 74.9 Å². The minimum Gasteiger partial charge on any atom is -0.0839 e. The summed E-state index contributed by atoms with van der Waals surface area (Å²) in [6.07, 6.45) is 3.30. The summed E-state index contributed by atoms with van der Waals surface area (Å²) in [4.78, 5) is 0. The first-order chi connectivity index (χ1) is 5.77. The minimum atomic E-state index is 1.11. The van der Waals surface area contributed by atoms with Crippen LogP contribution in [0.25, 0.3) is 5.57 Å². The van der Waals surface area contributed by atoms with E-state index < -0.39 is 0 Å². The van der Waals surface area contributed by atoms with Crippen LogP contribution in [-0.4, -0.2) is 0 Å². The summed E-state index contributed by atoms with van der Waals surface area (Å²) in [5.74, 6) is 0. The Kier molecular flexibility index (Phi) is 3.09. The van der Waals surface area contributed by atoms with E-state index in [4.69, 9.17) is 0 Å². The van der Waals surface area contributed by atoms with Gasteiger partial charge < -0.3 is 0 Å². The zero-order chi connectivity index (χ0) is 8.97. The highest BCUT2D eigenvalue weighted by atomic mass is 14.0. The molecule has 0 aromatic heterocycles. The lowest BCUT2D eigenvalue weighted by Crippen LogP contribution is -1.82. The third kappa shape index (κ3) is 1.97. The fourth-order valence-electron chi connectivity index (χ4n) is 1.42. The van der Waals surface area contributed by atoms with Crippen molar-refractivity contribution in [1.82, 2.24) is 0 Å². The van der Waals surface area contributed by atoms with Crippen molar-refractivity contribution in [2.45, 2.75) is 27.2 Å². The Balaban J connectivity index is 3.02. The molecule has 0 nitrogen and oxygen atoms in total. The van der Waals surface area contributed by atoms with Gasteiger partial charge in [-0.3, -0.25) is 0 Å². The van der Waals surface area contributed by atoms with Crippen molar-refractivity contribution >= 4 is 5.57 Å². The lowest BCUT2D eigenvalue weighted by atomic mass is 10.0. The third-order valence-electron chi connectivity index (χ3n) is 2.12. The van der Waals surface area contributed by atoms with Crippen molar-refractivity contribution in [3.8, 4) is 0 Å². The molecule has 0 fully saturated rings. The molecule has 0 heterocycles. The Morgan fingerprint density at radius 1 is 1.42 bits per heavy atom. The lowest BCUT2D eigenvalue weighted by Gasteiger charge is -2.04. The van der Waals surface area contributed by atoms with Gasteiger partial charge in [-0.25, -0.2) is 0 Å². The molecule has 0 saturated carbocycles. The van der Waals surface area contributed by atoms with E-state index in [0.717, 1.165) is 6.42 Å². The SMILES string of the molecule is C/C=C(\CC)c1cccc(C)c1. The Morgan fingerprint density at radius 3 is 2.67 bits per heavy atom. The largest absolute Gasteiger partial charge is 0.0839 e. The van der Waals surface area contributed by atoms with Gasteiger partial charge in [0, 0.05) is 0 Å². The van der Waals surface area contributed by atoms with Gasteiger partial charge >= 0.3 is 0 Å². The summed E-state index contributed by atoms with van der Waals surface area (Å²) in [5, 5.41) is 0. The maximum Gasteiger partial charge on any atom is -0.0225 e. The molecule has 1 aromatic rings. The van der Waals surface area contributed by atoms with E-state index in [1.807, 2.05) is 0 Å². The molecule has 0 aliphatic heterocycles. The minimum absolute atomic E-state index is 1.11. The van der Waals surface area contributed by atoms with Crippen molar-refractivity contribution in [2.24, 2.45) is 0 Å². The first kappa shape index (κ1) is 9.05. The Bertz CT molecular complexity index is 282. The molecule has 0 radical (unpaired) electrons. The fraction of sp³-hybridized carbons (Fsp3) is 0.333. The maximum atomic E-state index is 2.23. The van der Waals surface area contributed by atoms with Gasteiger partial charge in [0.2, 0.25) is 0 Å². The van der Waals surface area contributed by atoms with E-state index in [9.17, 15) is 0 Å². The van der Waals surface area contributed by atoms with Gasteiger partial charge in [-0.1, -0.05) is 42.8 Å². The molecule has 1 rings (SSSR count). The molecule has 0 bridgehead atoms. The van der Waals surface area contributed by atoms with Crippen LogP contribution in [0.5, 0.6) is 0 Å². The van der Waals surface area contributed by atoms with Gasteiger partial charge in [-0.2, -0.15) is 0 Å². The second kappa shape index (κ2) is 4.10. The number of rotatable bonds is 2. The monoisotopic (exact) mass is 160 g/mol. The van der Waals surface area contributed by atoms with Crippen LogP contribution < -0.4 is 0 Å². The summed E-state index contributed by atoms with van der Waals surface area (Å²) in [6, 6.07) is 8.65.